The van der Waals surface area contributed by atoms with Crippen molar-refractivity contribution in [1.82, 2.24) is 4.90 Å². The fourth-order valence-electron chi connectivity index (χ4n) is 2.08. The van der Waals surface area contributed by atoms with Gasteiger partial charge in [0.25, 0.3) is 0 Å². The molecule has 1 aromatic rings. The Balaban J connectivity index is 2.91. The molecule has 0 spiro atoms. The summed E-state index contributed by atoms with van der Waals surface area (Å²) >= 11 is 0. The summed E-state index contributed by atoms with van der Waals surface area (Å²) in [6, 6.07) is 3.97. The van der Waals surface area contributed by atoms with Crippen molar-refractivity contribution in [3.05, 3.63) is 30.1 Å². The Labute approximate surface area is 134 Å². The molecule has 1 atom stereocenters. The van der Waals surface area contributed by atoms with Gasteiger partial charge in [-0.05, 0) is 38.1 Å². The predicted molar refractivity (Wildman–Crippen MR) is 82.1 cm³/mol. The molecule has 128 valence electrons. The van der Waals surface area contributed by atoms with Gasteiger partial charge in [-0.3, -0.25) is 9.59 Å². The van der Waals surface area contributed by atoms with Gasteiger partial charge in [-0.25, -0.2) is 12.8 Å². The predicted octanol–water partition coefficient (Wildman–Crippen LogP) is 1.56. The summed E-state index contributed by atoms with van der Waals surface area (Å²) in [5.41, 5.74) is 0. The number of nitrogens with zero attached hydrogens (tertiary/aromatic N) is 1. The molecule has 0 aliphatic rings. The molecule has 0 saturated carbocycles. The maximum atomic E-state index is 12.9. The average molecular weight is 345 g/mol. The zero-order chi connectivity index (χ0) is 17.8. The van der Waals surface area contributed by atoms with Gasteiger partial charge in [0, 0.05) is 12.0 Å². The number of carbonyl (C=O) groups is 2. The van der Waals surface area contributed by atoms with Crippen LogP contribution in [0.3, 0.4) is 0 Å². The molecule has 0 aromatic heterocycles. The van der Waals surface area contributed by atoms with E-state index >= 15 is 0 Å². The summed E-state index contributed by atoms with van der Waals surface area (Å²) in [5, 5.41) is 8.85. The molecule has 1 amide bonds. The number of carbonyl (C=O) groups excluding carboxylic acids is 1. The Morgan fingerprint density at radius 3 is 2.13 bits per heavy atom. The van der Waals surface area contributed by atoms with E-state index in [9.17, 15) is 22.4 Å². The zero-order valence-corrected chi connectivity index (χ0v) is 14.0. The van der Waals surface area contributed by atoms with Crippen molar-refractivity contribution in [3.63, 3.8) is 0 Å². The lowest BCUT2D eigenvalue weighted by Crippen LogP contribution is -2.44. The second-order valence-corrected chi connectivity index (χ2v) is 7.62. The average Bonchev–Trinajstić information content (AvgIpc) is 2.43. The molecule has 23 heavy (non-hydrogen) atoms. The van der Waals surface area contributed by atoms with Crippen molar-refractivity contribution in [2.75, 3.05) is 12.3 Å². The van der Waals surface area contributed by atoms with Crippen molar-refractivity contribution in [1.29, 1.82) is 0 Å². The molecule has 0 aliphatic carbocycles. The third-order valence-electron chi connectivity index (χ3n) is 3.28. The number of aliphatic carboxylic acids is 1. The first-order valence-electron chi connectivity index (χ1n) is 7.05. The molecule has 6 nitrogen and oxygen atoms in total. The largest absolute Gasteiger partial charge is 0.480 e. The minimum atomic E-state index is -3.77. The van der Waals surface area contributed by atoms with Crippen LogP contribution in [-0.2, 0) is 19.4 Å². The quantitative estimate of drug-likeness (QED) is 0.757. The third-order valence-corrected chi connectivity index (χ3v) is 5.21. The van der Waals surface area contributed by atoms with Crippen LogP contribution in [-0.4, -0.2) is 48.6 Å². The molecule has 1 N–H and O–H groups in total. The Hall–Kier alpha value is -1.96. The van der Waals surface area contributed by atoms with Gasteiger partial charge in [-0.1, -0.05) is 6.92 Å². The number of rotatable bonds is 7. The molecule has 0 saturated heterocycles. The molecule has 0 fully saturated rings. The number of hydrogen-bond acceptors (Lipinski definition) is 4. The molecule has 1 unspecified atom stereocenters. The Kier molecular flexibility index (Phi) is 6.26. The van der Waals surface area contributed by atoms with Crippen LogP contribution in [0.15, 0.2) is 29.2 Å². The van der Waals surface area contributed by atoms with Crippen LogP contribution in [0.2, 0.25) is 0 Å². The van der Waals surface area contributed by atoms with E-state index in [1.54, 1.807) is 13.8 Å². The van der Waals surface area contributed by atoms with E-state index in [0.29, 0.717) is 0 Å². The van der Waals surface area contributed by atoms with Crippen LogP contribution in [0, 0.1) is 11.7 Å². The second-order valence-electron chi connectivity index (χ2n) is 5.59. The Morgan fingerprint density at radius 1 is 1.17 bits per heavy atom. The lowest BCUT2D eigenvalue weighted by atomic mass is 10.1. The number of hydrogen-bond donors (Lipinski definition) is 1. The van der Waals surface area contributed by atoms with Crippen LogP contribution in [0.4, 0.5) is 4.39 Å². The van der Waals surface area contributed by atoms with Crippen LogP contribution < -0.4 is 0 Å². The van der Waals surface area contributed by atoms with Crippen molar-refractivity contribution in [3.8, 4) is 0 Å². The van der Waals surface area contributed by atoms with E-state index < -0.39 is 45.7 Å². The molecular formula is C15H20FNO5S. The normalized spacial score (nSPS) is 12.9. The molecule has 0 bridgehead atoms. The third kappa shape index (κ3) is 5.31. The van der Waals surface area contributed by atoms with Crippen molar-refractivity contribution in [2.45, 2.75) is 31.7 Å². The van der Waals surface area contributed by atoms with E-state index in [-0.39, 0.29) is 10.9 Å². The van der Waals surface area contributed by atoms with E-state index in [4.69, 9.17) is 5.11 Å². The van der Waals surface area contributed by atoms with Gasteiger partial charge in [0.05, 0.1) is 10.6 Å². The highest BCUT2D eigenvalue weighted by molar-refractivity contribution is 7.91. The molecule has 1 rings (SSSR count). The van der Waals surface area contributed by atoms with Gasteiger partial charge >= 0.3 is 5.97 Å². The SMILES string of the molecule is CC(CS(=O)(=O)c1ccc(F)cc1)C(=O)N(CC(=O)O)C(C)C. The van der Waals surface area contributed by atoms with Gasteiger partial charge in [-0.2, -0.15) is 0 Å². The van der Waals surface area contributed by atoms with E-state index in [0.717, 1.165) is 29.2 Å². The van der Waals surface area contributed by atoms with Gasteiger partial charge in [0.1, 0.15) is 12.4 Å². The fourth-order valence-corrected chi connectivity index (χ4v) is 3.63. The molecule has 1 aromatic carbocycles. The first kappa shape index (κ1) is 19.1. The summed E-state index contributed by atoms with van der Waals surface area (Å²) < 4.78 is 37.4. The van der Waals surface area contributed by atoms with Crippen molar-refractivity contribution in [2.24, 2.45) is 5.92 Å². The van der Waals surface area contributed by atoms with E-state index in [1.165, 1.54) is 6.92 Å². The highest BCUT2D eigenvalue weighted by Crippen LogP contribution is 2.17. The van der Waals surface area contributed by atoms with E-state index in [1.807, 2.05) is 0 Å². The van der Waals surface area contributed by atoms with Gasteiger partial charge in [0.15, 0.2) is 9.84 Å². The number of carboxylic acid groups (broad SMARTS) is 1. The molecule has 0 heterocycles. The fraction of sp³-hybridized carbons (Fsp3) is 0.467. The molecule has 8 heteroatoms. The van der Waals surface area contributed by atoms with Crippen LogP contribution >= 0.6 is 0 Å². The number of benzene rings is 1. The highest BCUT2D eigenvalue weighted by atomic mass is 32.2. The van der Waals surface area contributed by atoms with Gasteiger partial charge < -0.3 is 10.0 Å². The summed E-state index contributed by atoms with van der Waals surface area (Å²) in [4.78, 5) is 24.2. The first-order valence-corrected chi connectivity index (χ1v) is 8.70. The van der Waals surface area contributed by atoms with E-state index in [2.05, 4.69) is 0 Å². The van der Waals surface area contributed by atoms with Crippen molar-refractivity contribution >= 4 is 21.7 Å². The Morgan fingerprint density at radius 2 is 1.70 bits per heavy atom. The topological polar surface area (TPSA) is 91.8 Å². The Bertz CT molecular complexity index is 670. The molecular weight excluding hydrogens is 325 g/mol. The van der Waals surface area contributed by atoms with Crippen LogP contribution in [0.25, 0.3) is 0 Å². The molecule has 0 aliphatic heterocycles. The number of amides is 1. The number of halogens is 1. The zero-order valence-electron chi connectivity index (χ0n) is 13.2. The summed E-state index contributed by atoms with van der Waals surface area (Å²) in [6.45, 7) is 4.25. The minimum absolute atomic E-state index is 0.0760. The number of carboxylic acids is 1. The standard InChI is InChI=1S/C15H20FNO5S/c1-10(2)17(8-14(18)19)15(20)11(3)9-23(21,22)13-6-4-12(16)5-7-13/h4-7,10-11H,8-9H2,1-3H3,(H,18,19). The van der Waals surface area contributed by atoms with Crippen LogP contribution in [0.1, 0.15) is 20.8 Å². The smallest absolute Gasteiger partial charge is 0.323 e. The molecule has 0 radical (unpaired) electrons. The monoisotopic (exact) mass is 345 g/mol. The summed E-state index contributed by atoms with van der Waals surface area (Å²) in [5.74, 6) is -3.65. The maximum Gasteiger partial charge on any atom is 0.323 e. The lowest BCUT2D eigenvalue weighted by molar-refractivity contribution is -0.147. The minimum Gasteiger partial charge on any atom is -0.480 e. The highest BCUT2D eigenvalue weighted by Gasteiger charge is 2.29. The van der Waals surface area contributed by atoms with Gasteiger partial charge in [-0.15, -0.1) is 0 Å². The number of sulfone groups is 1. The summed E-state index contributed by atoms with van der Waals surface area (Å²) in [6.07, 6.45) is 0. The van der Waals surface area contributed by atoms with Crippen LogP contribution in [0.5, 0.6) is 0 Å². The van der Waals surface area contributed by atoms with Gasteiger partial charge in [0.2, 0.25) is 5.91 Å². The van der Waals surface area contributed by atoms with Crippen molar-refractivity contribution < 1.29 is 27.5 Å². The summed E-state index contributed by atoms with van der Waals surface area (Å²) in [7, 11) is -3.77. The lowest BCUT2D eigenvalue weighted by Gasteiger charge is -2.27. The maximum absolute atomic E-state index is 12.9. The second kappa shape index (κ2) is 7.54. The first-order chi connectivity index (χ1) is 10.5.